The van der Waals surface area contributed by atoms with E-state index in [1.54, 1.807) is 0 Å². The number of allylic oxidation sites excluding steroid dienone is 1. The number of para-hydroxylation sites is 3. The Bertz CT molecular complexity index is 2310. The van der Waals surface area contributed by atoms with Gasteiger partial charge < -0.3 is 9.98 Å². The summed E-state index contributed by atoms with van der Waals surface area (Å²) in [7, 11) is 0. The van der Waals surface area contributed by atoms with Gasteiger partial charge in [-0.3, -0.25) is 15.1 Å². The van der Waals surface area contributed by atoms with Gasteiger partial charge in [0.2, 0.25) is 0 Å². The Balaban J connectivity index is 1.42. The molecule has 5 heteroatoms. The quantitative estimate of drug-likeness (QED) is 0.202. The molecule has 204 valence electrons. The highest BCUT2D eigenvalue weighted by Gasteiger charge is 2.21. The normalized spacial score (nSPS) is 12.0. The lowest BCUT2D eigenvalue weighted by atomic mass is 10.1. The number of aromatic nitrogens is 3. The molecule has 0 saturated heterocycles. The van der Waals surface area contributed by atoms with Gasteiger partial charge in [0, 0.05) is 21.8 Å². The van der Waals surface area contributed by atoms with Crippen molar-refractivity contribution in [1.29, 1.82) is 5.41 Å². The molecule has 0 fully saturated rings. The number of nitrogens with one attached hydrogen (secondary N) is 2. The number of pyridine rings is 1. The first-order valence-electron chi connectivity index (χ1n) is 14.3. The molecule has 0 radical (unpaired) electrons. The molecule has 0 saturated carbocycles. The first-order chi connectivity index (χ1) is 21.3. The third kappa shape index (κ3) is 4.10. The van der Waals surface area contributed by atoms with Crippen LogP contribution in [0.25, 0.3) is 55.1 Å². The third-order valence-corrected chi connectivity index (χ3v) is 8.02. The monoisotopic (exact) mass is 553 g/mol. The largest absolute Gasteiger partial charge is 0.307 e. The van der Waals surface area contributed by atoms with Crippen LogP contribution in [0.2, 0.25) is 0 Å². The van der Waals surface area contributed by atoms with E-state index >= 15 is 0 Å². The number of hydrogen-bond donors (Lipinski definition) is 2. The molecule has 0 unspecified atom stereocenters. The molecule has 0 atom stereocenters. The first kappa shape index (κ1) is 24.8. The second-order valence-electron chi connectivity index (χ2n) is 10.6. The maximum atomic E-state index is 8.92. The van der Waals surface area contributed by atoms with E-state index in [9.17, 15) is 0 Å². The Morgan fingerprint density at radius 3 is 1.91 bits per heavy atom. The molecule has 0 bridgehead atoms. The van der Waals surface area contributed by atoms with Crippen LogP contribution in [0.4, 0.5) is 0 Å². The van der Waals surface area contributed by atoms with Gasteiger partial charge in [-0.15, -0.1) is 0 Å². The third-order valence-electron chi connectivity index (χ3n) is 8.02. The Labute approximate surface area is 248 Å². The molecule has 8 rings (SSSR count). The first-order valence-corrected chi connectivity index (χ1v) is 14.3. The zero-order valence-electron chi connectivity index (χ0n) is 23.3. The fraction of sp³-hybridized carbons (Fsp3) is 0. The molecular weight excluding hydrogens is 526 g/mol. The lowest BCUT2D eigenvalue weighted by Crippen LogP contribution is -2.14. The fourth-order valence-corrected chi connectivity index (χ4v) is 6.07. The summed E-state index contributed by atoms with van der Waals surface area (Å²) in [5, 5.41) is 12.3. The van der Waals surface area contributed by atoms with Crippen LogP contribution in [0.5, 0.6) is 0 Å². The maximum Gasteiger partial charge on any atom is 0.0971 e. The summed E-state index contributed by atoms with van der Waals surface area (Å²) in [6.07, 6.45) is 3.87. The second kappa shape index (κ2) is 10.2. The molecule has 0 aliphatic heterocycles. The highest BCUT2D eigenvalue weighted by Crippen LogP contribution is 2.39. The van der Waals surface area contributed by atoms with Gasteiger partial charge >= 0.3 is 0 Å². The van der Waals surface area contributed by atoms with Gasteiger partial charge in [-0.25, -0.2) is 0 Å². The molecule has 5 aromatic carbocycles. The summed E-state index contributed by atoms with van der Waals surface area (Å²) in [5.41, 5.74) is 13.0. The average molecular weight is 554 g/mol. The maximum absolute atomic E-state index is 8.92. The summed E-state index contributed by atoms with van der Waals surface area (Å²) in [4.78, 5) is 5.08. The van der Waals surface area contributed by atoms with Crippen molar-refractivity contribution in [1.82, 2.24) is 14.2 Å². The zero-order chi connectivity index (χ0) is 28.8. The Morgan fingerprint density at radius 2 is 1.19 bits per heavy atom. The van der Waals surface area contributed by atoms with Gasteiger partial charge in [0.05, 0.1) is 45.2 Å². The predicted molar refractivity (Wildman–Crippen MR) is 179 cm³/mol. The van der Waals surface area contributed by atoms with Crippen molar-refractivity contribution >= 4 is 55.2 Å². The van der Waals surface area contributed by atoms with Crippen LogP contribution in [-0.4, -0.2) is 19.9 Å². The second-order valence-corrected chi connectivity index (χ2v) is 10.6. The van der Waals surface area contributed by atoms with E-state index in [4.69, 9.17) is 10.4 Å². The summed E-state index contributed by atoms with van der Waals surface area (Å²) >= 11 is 0. The number of fused-ring (bicyclic) bond motifs is 7. The van der Waals surface area contributed by atoms with Crippen LogP contribution in [0.15, 0.2) is 152 Å². The van der Waals surface area contributed by atoms with Gasteiger partial charge in [0.25, 0.3) is 0 Å². The van der Waals surface area contributed by atoms with Crippen LogP contribution < -0.4 is 5.43 Å². The molecule has 0 aliphatic carbocycles. The van der Waals surface area contributed by atoms with E-state index < -0.39 is 0 Å². The molecule has 0 aliphatic rings. The molecule has 5 nitrogen and oxygen atoms in total. The molecule has 0 amide bonds. The number of hydrogen-bond acceptors (Lipinski definition) is 3. The Morgan fingerprint density at radius 1 is 0.605 bits per heavy atom. The van der Waals surface area contributed by atoms with Gasteiger partial charge in [0.1, 0.15) is 0 Å². The van der Waals surface area contributed by atoms with Crippen LogP contribution in [0.3, 0.4) is 0 Å². The highest BCUT2D eigenvalue weighted by molar-refractivity contribution is 6.24. The van der Waals surface area contributed by atoms with Gasteiger partial charge in [-0.2, -0.15) is 0 Å². The Kier molecular flexibility index (Phi) is 5.86. The van der Waals surface area contributed by atoms with E-state index in [2.05, 4.69) is 99.6 Å². The van der Waals surface area contributed by atoms with Crippen molar-refractivity contribution in [2.24, 2.45) is 0 Å². The van der Waals surface area contributed by atoms with Crippen molar-refractivity contribution < 1.29 is 0 Å². The fourth-order valence-electron chi connectivity index (χ4n) is 6.07. The highest BCUT2D eigenvalue weighted by atomic mass is 15.4. The van der Waals surface area contributed by atoms with Gasteiger partial charge in [-0.05, 0) is 41.5 Å². The lowest BCUT2D eigenvalue weighted by Gasteiger charge is -2.16. The SMILES string of the molecule is N=C(/C=C(\Nn1c2ccccc2c2c1cnc1c3ccccc3n(-c3ccccc3)c12)c1ccccc1)c1ccccc1. The summed E-state index contributed by atoms with van der Waals surface area (Å²) in [6, 6.07) is 47.4. The molecule has 2 N–H and O–H groups in total. The zero-order valence-corrected chi connectivity index (χ0v) is 23.3. The van der Waals surface area contributed by atoms with Crippen molar-refractivity contribution in [2.45, 2.75) is 0 Å². The number of nitrogens with zero attached hydrogens (tertiary/aromatic N) is 3. The lowest BCUT2D eigenvalue weighted by molar-refractivity contribution is 1.06. The smallest absolute Gasteiger partial charge is 0.0971 e. The molecular formula is C38H27N5. The molecule has 3 aromatic heterocycles. The Hall–Kier alpha value is -5.94. The van der Waals surface area contributed by atoms with Crippen molar-refractivity contribution in [3.8, 4) is 5.69 Å². The standard InChI is InChI=1S/C38H27N5/c39-31(26-14-4-1-5-15-26)24-32(27-16-6-2-7-17-27)41-43-34-23-13-10-20-29(34)36-35(43)25-40-37-30-21-11-12-22-33(30)42(38(36)37)28-18-8-3-9-19-28/h1-25,39,41H/b32-24-,39-31?. The van der Waals surface area contributed by atoms with E-state index in [0.29, 0.717) is 5.71 Å². The number of benzene rings is 5. The van der Waals surface area contributed by atoms with Crippen molar-refractivity contribution in [3.63, 3.8) is 0 Å². The summed E-state index contributed by atoms with van der Waals surface area (Å²) in [5.74, 6) is 0. The predicted octanol–water partition coefficient (Wildman–Crippen LogP) is 8.94. The minimum Gasteiger partial charge on any atom is -0.307 e. The van der Waals surface area contributed by atoms with E-state index in [0.717, 1.165) is 66.3 Å². The molecule has 8 aromatic rings. The summed E-state index contributed by atoms with van der Waals surface area (Å²) in [6.45, 7) is 0. The van der Waals surface area contributed by atoms with Crippen LogP contribution in [-0.2, 0) is 0 Å². The summed E-state index contributed by atoms with van der Waals surface area (Å²) < 4.78 is 4.44. The van der Waals surface area contributed by atoms with Crippen LogP contribution >= 0.6 is 0 Å². The van der Waals surface area contributed by atoms with E-state index in [-0.39, 0.29) is 0 Å². The topological polar surface area (TPSA) is 58.6 Å². The molecule has 0 spiro atoms. The minimum absolute atomic E-state index is 0.428. The van der Waals surface area contributed by atoms with Gasteiger partial charge in [-0.1, -0.05) is 115 Å². The van der Waals surface area contributed by atoms with E-state index in [1.807, 2.05) is 66.9 Å². The average Bonchev–Trinajstić information content (AvgIpc) is 3.58. The van der Waals surface area contributed by atoms with Crippen LogP contribution in [0.1, 0.15) is 11.1 Å². The van der Waals surface area contributed by atoms with Crippen molar-refractivity contribution in [2.75, 3.05) is 5.43 Å². The minimum atomic E-state index is 0.428. The van der Waals surface area contributed by atoms with Gasteiger partial charge in [0.15, 0.2) is 0 Å². The van der Waals surface area contributed by atoms with E-state index in [1.165, 1.54) is 0 Å². The number of rotatable bonds is 6. The molecule has 43 heavy (non-hydrogen) atoms. The van der Waals surface area contributed by atoms with Crippen molar-refractivity contribution in [3.05, 3.63) is 163 Å². The van der Waals surface area contributed by atoms with Crippen LogP contribution in [0, 0.1) is 5.41 Å². The molecule has 3 heterocycles.